The first-order chi connectivity index (χ1) is 6.75. The predicted molar refractivity (Wildman–Crippen MR) is 64.4 cm³/mol. The first kappa shape index (κ1) is 12.1. The lowest BCUT2D eigenvalue weighted by Gasteiger charge is -2.25. The maximum absolute atomic E-state index is 2.49. The maximum atomic E-state index is 2.49. The smallest absolute Gasteiger partial charge is 0.0386 e. The highest BCUT2D eigenvalue weighted by Crippen LogP contribution is 2.36. The fourth-order valence-electron chi connectivity index (χ4n) is 2.93. The molecule has 0 N–H and O–H groups in total. The molecule has 1 aliphatic rings. The Labute approximate surface area is 90.5 Å². The number of hydrogen-bond donors (Lipinski definition) is 0. The Balaban J connectivity index is 2.17. The van der Waals surface area contributed by atoms with E-state index in [4.69, 9.17) is 0 Å². The standard InChI is InChI=1S/C14H28/c1-4-5-6-9-12(2)13(3)14-10-7-8-11-14/h12-14H,4-11H2,1-3H3. The molecule has 0 aromatic carbocycles. The second-order valence-electron chi connectivity index (χ2n) is 5.38. The Morgan fingerprint density at radius 3 is 2.29 bits per heavy atom. The lowest BCUT2D eigenvalue weighted by Crippen LogP contribution is -2.16. The highest BCUT2D eigenvalue weighted by Gasteiger charge is 2.24. The molecule has 0 heteroatoms. The molecule has 0 amide bonds. The molecule has 14 heavy (non-hydrogen) atoms. The summed E-state index contributed by atoms with van der Waals surface area (Å²) in [5.74, 6) is 3.01. The molecule has 0 saturated heterocycles. The molecule has 1 aliphatic carbocycles. The molecule has 0 aliphatic heterocycles. The van der Waals surface area contributed by atoms with Gasteiger partial charge in [-0.2, -0.15) is 0 Å². The van der Waals surface area contributed by atoms with Crippen LogP contribution in [0.3, 0.4) is 0 Å². The summed E-state index contributed by atoms with van der Waals surface area (Å²) in [5.41, 5.74) is 0. The predicted octanol–water partition coefficient (Wildman–Crippen LogP) is 5.03. The van der Waals surface area contributed by atoms with Gasteiger partial charge in [0.05, 0.1) is 0 Å². The van der Waals surface area contributed by atoms with E-state index in [2.05, 4.69) is 20.8 Å². The van der Waals surface area contributed by atoms with Gasteiger partial charge in [-0.1, -0.05) is 72.1 Å². The Bertz CT molecular complexity index is 133. The largest absolute Gasteiger partial charge is 0.0654 e. The van der Waals surface area contributed by atoms with Crippen LogP contribution < -0.4 is 0 Å². The Kier molecular flexibility index (Phi) is 5.59. The SMILES string of the molecule is CCCCCC(C)C(C)C1CCCC1. The molecule has 1 saturated carbocycles. The van der Waals surface area contributed by atoms with Crippen molar-refractivity contribution in [3.05, 3.63) is 0 Å². The molecular weight excluding hydrogens is 168 g/mol. The lowest BCUT2D eigenvalue weighted by atomic mass is 9.80. The van der Waals surface area contributed by atoms with E-state index in [0.29, 0.717) is 0 Å². The van der Waals surface area contributed by atoms with Crippen LogP contribution in [0.25, 0.3) is 0 Å². The van der Waals surface area contributed by atoms with Crippen LogP contribution in [-0.4, -0.2) is 0 Å². The topological polar surface area (TPSA) is 0 Å². The molecule has 1 rings (SSSR count). The number of hydrogen-bond acceptors (Lipinski definition) is 0. The Morgan fingerprint density at radius 2 is 1.71 bits per heavy atom. The third-order valence-electron chi connectivity index (χ3n) is 4.30. The van der Waals surface area contributed by atoms with Crippen molar-refractivity contribution in [3.8, 4) is 0 Å². The van der Waals surface area contributed by atoms with Gasteiger partial charge in [0, 0.05) is 0 Å². The summed E-state index contributed by atoms with van der Waals surface area (Å²) in [7, 11) is 0. The van der Waals surface area contributed by atoms with Crippen molar-refractivity contribution in [3.63, 3.8) is 0 Å². The van der Waals surface area contributed by atoms with Gasteiger partial charge in [0.25, 0.3) is 0 Å². The zero-order valence-electron chi connectivity index (χ0n) is 10.4. The van der Waals surface area contributed by atoms with Crippen LogP contribution in [0.2, 0.25) is 0 Å². The van der Waals surface area contributed by atoms with Crippen LogP contribution in [0, 0.1) is 17.8 Å². The molecule has 2 unspecified atom stereocenters. The van der Waals surface area contributed by atoms with E-state index in [0.717, 1.165) is 17.8 Å². The molecule has 2 atom stereocenters. The molecule has 0 aromatic heterocycles. The molecule has 0 heterocycles. The van der Waals surface area contributed by atoms with Crippen LogP contribution in [0.4, 0.5) is 0 Å². The Hall–Kier alpha value is 0. The van der Waals surface area contributed by atoms with Gasteiger partial charge < -0.3 is 0 Å². The second kappa shape index (κ2) is 6.48. The molecule has 84 valence electrons. The average molecular weight is 196 g/mol. The van der Waals surface area contributed by atoms with Gasteiger partial charge in [-0.15, -0.1) is 0 Å². The zero-order valence-corrected chi connectivity index (χ0v) is 10.4. The van der Waals surface area contributed by atoms with E-state index in [1.54, 1.807) is 0 Å². The fourth-order valence-corrected chi connectivity index (χ4v) is 2.93. The molecule has 0 nitrogen and oxygen atoms in total. The minimum Gasteiger partial charge on any atom is -0.0654 e. The second-order valence-corrected chi connectivity index (χ2v) is 5.38. The van der Waals surface area contributed by atoms with Gasteiger partial charge in [0.1, 0.15) is 0 Å². The van der Waals surface area contributed by atoms with Crippen molar-refractivity contribution in [1.29, 1.82) is 0 Å². The van der Waals surface area contributed by atoms with Crippen molar-refractivity contribution in [1.82, 2.24) is 0 Å². The van der Waals surface area contributed by atoms with Gasteiger partial charge in [-0.25, -0.2) is 0 Å². The molecule has 0 bridgehead atoms. The molecular formula is C14H28. The van der Waals surface area contributed by atoms with Crippen molar-refractivity contribution in [2.45, 2.75) is 72.1 Å². The average Bonchev–Trinajstić information content (AvgIpc) is 2.69. The summed E-state index contributed by atoms with van der Waals surface area (Å²) in [4.78, 5) is 0. The van der Waals surface area contributed by atoms with E-state index in [1.165, 1.54) is 51.4 Å². The molecule has 0 aromatic rings. The van der Waals surface area contributed by atoms with E-state index in [-0.39, 0.29) is 0 Å². The van der Waals surface area contributed by atoms with E-state index in [1.807, 2.05) is 0 Å². The van der Waals surface area contributed by atoms with Crippen LogP contribution in [0.1, 0.15) is 72.1 Å². The fraction of sp³-hybridized carbons (Fsp3) is 1.00. The van der Waals surface area contributed by atoms with E-state index >= 15 is 0 Å². The van der Waals surface area contributed by atoms with Gasteiger partial charge in [0.15, 0.2) is 0 Å². The third kappa shape index (κ3) is 3.63. The summed E-state index contributed by atoms with van der Waals surface area (Å²) in [6.45, 7) is 7.26. The first-order valence-corrected chi connectivity index (χ1v) is 6.75. The molecule has 1 fully saturated rings. The summed E-state index contributed by atoms with van der Waals surface area (Å²) >= 11 is 0. The van der Waals surface area contributed by atoms with Crippen LogP contribution in [0.15, 0.2) is 0 Å². The minimum atomic E-state index is 0.963. The quantitative estimate of drug-likeness (QED) is 0.523. The van der Waals surface area contributed by atoms with Crippen LogP contribution >= 0.6 is 0 Å². The Morgan fingerprint density at radius 1 is 1.07 bits per heavy atom. The van der Waals surface area contributed by atoms with Crippen LogP contribution in [-0.2, 0) is 0 Å². The van der Waals surface area contributed by atoms with Crippen LogP contribution in [0.5, 0.6) is 0 Å². The minimum absolute atomic E-state index is 0.963. The maximum Gasteiger partial charge on any atom is -0.0386 e. The normalized spacial score (nSPS) is 22.5. The summed E-state index contributed by atoms with van der Waals surface area (Å²) in [5, 5.41) is 0. The van der Waals surface area contributed by atoms with Crippen molar-refractivity contribution in [2.75, 3.05) is 0 Å². The monoisotopic (exact) mass is 196 g/mol. The van der Waals surface area contributed by atoms with E-state index < -0.39 is 0 Å². The highest BCUT2D eigenvalue weighted by molar-refractivity contribution is 4.76. The lowest BCUT2D eigenvalue weighted by molar-refractivity contribution is 0.249. The number of unbranched alkanes of at least 4 members (excludes halogenated alkanes) is 2. The molecule has 0 radical (unpaired) electrons. The summed E-state index contributed by atoms with van der Waals surface area (Å²) in [6.07, 6.45) is 11.7. The van der Waals surface area contributed by atoms with Gasteiger partial charge in [-0.3, -0.25) is 0 Å². The van der Waals surface area contributed by atoms with Crippen molar-refractivity contribution < 1.29 is 0 Å². The number of rotatable bonds is 6. The van der Waals surface area contributed by atoms with Crippen molar-refractivity contribution >= 4 is 0 Å². The van der Waals surface area contributed by atoms with Gasteiger partial charge >= 0.3 is 0 Å². The zero-order chi connectivity index (χ0) is 10.4. The third-order valence-corrected chi connectivity index (χ3v) is 4.30. The molecule has 0 spiro atoms. The van der Waals surface area contributed by atoms with E-state index in [9.17, 15) is 0 Å². The van der Waals surface area contributed by atoms with Gasteiger partial charge in [-0.05, 0) is 17.8 Å². The summed E-state index contributed by atoms with van der Waals surface area (Å²) < 4.78 is 0. The first-order valence-electron chi connectivity index (χ1n) is 6.75. The van der Waals surface area contributed by atoms with Gasteiger partial charge in [0.2, 0.25) is 0 Å². The van der Waals surface area contributed by atoms with Crippen molar-refractivity contribution in [2.24, 2.45) is 17.8 Å². The highest BCUT2D eigenvalue weighted by atomic mass is 14.3. The summed E-state index contributed by atoms with van der Waals surface area (Å²) in [6, 6.07) is 0.